The summed E-state index contributed by atoms with van der Waals surface area (Å²) in [7, 11) is 0. The van der Waals surface area contributed by atoms with Gasteiger partial charge in [-0.2, -0.15) is 0 Å². The van der Waals surface area contributed by atoms with Gasteiger partial charge in [-0.25, -0.2) is 4.98 Å². The van der Waals surface area contributed by atoms with E-state index in [1.807, 2.05) is 35.7 Å². The number of pyridine rings is 1. The zero-order valence-corrected chi connectivity index (χ0v) is 14.3. The summed E-state index contributed by atoms with van der Waals surface area (Å²) in [6.45, 7) is 2.74. The summed E-state index contributed by atoms with van der Waals surface area (Å²) in [6.07, 6.45) is 3.66. The van der Waals surface area contributed by atoms with Crippen LogP contribution in [0.2, 0.25) is 0 Å². The van der Waals surface area contributed by atoms with Crippen LogP contribution in [-0.2, 0) is 6.54 Å². The Labute approximate surface area is 149 Å². The quantitative estimate of drug-likeness (QED) is 0.569. The van der Waals surface area contributed by atoms with E-state index in [1.165, 1.54) is 6.07 Å². The van der Waals surface area contributed by atoms with Crippen LogP contribution in [0, 0.1) is 0 Å². The van der Waals surface area contributed by atoms with Crippen LogP contribution in [0.5, 0.6) is 0 Å². The first-order valence-corrected chi connectivity index (χ1v) is 8.40. The number of imidazole rings is 1. The maximum Gasteiger partial charge on any atom is 0.290 e. The number of hydrogen-bond donors (Lipinski definition) is 0. The highest BCUT2D eigenvalue weighted by molar-refractivity contribution is 5.93. The first kappa shape index (κ1) is 16.1. The third-order valence-electron chi connectivity index (χ3n) is 4.36. The topological polar surface area (TPSA) is 67.8 Å². The zero-order chi connectivity index (χ0) is 18.1. The third-order valence-corrected chi connectivity index (χ3v) is 4.36. The van der Waals surface area contributed by atoms with Crippen molar-refractivity contribution in [3.63, 3.8) is 0 Å². The molecule has 0 aliphatic heterocycles. The molecular formula is C20H17N3O3. The van der Waals surface area contributed by atoms with E-state index in [4.69, 9.17) is 4.42 Å². The third kappa shape index (κ3) is 2.75. The number of fused-ring (bicyclic) bond motifs is 2. The molecule has 0 spiro atoms. The maximum atomic E-state index is 12.9. The van der Waals surface area contributed by atoms with E-state index < -0.39 is 0 Å². The first-order chi connectivity index (χ1) is 12.7. The Hall–Kier alpha value is -3.41. The summed E-state index contributed by atoms with van der Waals surface area (Å²) in [5.41, 5.74) is 1.90. The fourth-order valence-electron chi connectivity index (χ4n) is 2.99. The second-order valence-corrected chi connectivity index (χ2v) is 5.97. The van der Waals surface area contributed by atoms with E-state index in [9.17, 15) is 9.59 Å². The van der Waals surface area contributed by atoms with Gasteiger partial charge in [-0.3, -0.25) is 9.59 Å². The van der Waals surface area contributed by atoms with Crippen molar-refractivity contribution >= 4 is 22.5 Å². The van der Waals surface area contributed by atoms with Gasteiger partial charge < -0.3 is 13.7 Å². The molecule has 0 unspecified atom stereocenters. The predicted octanol–water partition coefficient (Wildman–Crippen LogP) is 3.10. The lowest BCUT2D eigenvalue weighted by Gasteiger charge is -2.20. The molecule has 0 N–H and O–H groups in total. The van der Waals surface area contributed by atoms with Crippen molar-refractivity contribution in [2.75, 3.05) is 6.54 Å². The van der Waals surface area contributed by atoms with Gasteiger partial charge in [-0.05, 0) is 31.2 Å². The molecule has 0 fully saturated rings. The molecule has 1 amide bonds. The van der Waals surface area contributed by atoms with Gasteiger partial charge in [-0.1, -0.05) is 18.2 Å². The summed E-state index contributed by atoms with van der Waals surface area (Å²) < 4.78 is 7.62. The van der Waals surface area contributed by atoms with Gasteiger partial charge in [0.05, 0.1) is 23.8 Å². The van der Waals surface area contributed by atoms with Gasteiger partial charge in [-0.15, -0.1) is 0 Å². The van der Waals surface area contributed by atoms with Crippen molar-refractivity contribution in [1.29, 1.82) is 0 Å². The number of rotatable bonds is 4. The van der Waals surface area contributed by atoms with E-state index in [-0.39, 0.29) is 17.1 Å². The number of carbonyl (C=O) groups excluding carboxylic acids is 1. The van der Waals surface area contributed by atoms with E-state index in [0.717, 1.165) is 11.3 Å². The molecular weight excluding hydrogens is 330 g/mol. The molecule has 0 saturated carbocycles. The summed E-state index contributed by atoms with van der Waals surface area (Å²) in [4.78, 5) is 31.1. The molecule has 0 atom stereocenters. The Bertz CT molecular complexity index is 1160. The van der Waals surface area contributed by atoms with Crippen LogP contribution >= 0.6 is 0 Å². The van der Waals surface area contributed by atoms with Crippen LogP contribution in [0.25, 0.3) is 16.6 Å². The van der Waals surface area contributed by atoms with Crippen molar-refractivity contribution in [3.8, 4) is 0 Å². The fraction of sp³-hybridized carbons (Fsp3) is 0.150. The molecule has 0 aliphatic rings. The highest BCUT2D eigenvalue weighted by Gasteiger charge is 2.20. The van der Waals surface area contributed by atoms with Crippen LogP contribution in [-0.4, -0.2) is 26.7 Å². The lowest BCUT2D eigenvalue weighted by atomic mass is 10.2. The van der Waals surface area contributed by atoms with Gasteiger partial charge in [0.1, 0.15) is 11.2 Å². The fourth-order valence-corrected chi connectivity index (χ4v) is 2.99. The van der Waals surface area contributed by atoms with Gasteiger partial charge in [0.15, 0.2) is 11.2 Å². The van der Waals surface area contributed by atoms with Crippen LogP contribution in [0.15, 0.2) is 70.1 Å². The molecule has 4 aromatic rings. The molecule has 4 rings (SSSR count). The average Bonchev–Trinajstić information content (AvgIpc) is 3.08. The molecule has 130 valence electrons. The van der Waals surface area contributed by atoms with Gasteiger partial charge in [0.25, 0.3) is 5.91 Å². The molecule has 0 saturated heterocycles. The second-order valence-electron chi connectivity index (χ2n) is 5.97. The van der Waals surface area contributed by atoms with E-state index in [2.05, 4.69) is 4.98 Å². The maximum absolute atomic E-state index is 12.9. The van der Waals surface area contributed by atoms with Crippen LogP contribution < -0.4 is 5.43 Å². The smallest absolute Gasteiger partial charge is 0.290 e. The zero-order valence-electron chi connectivity index (χ0n) is 14.3. The van der Waals surface area contributed by atoms with Gasteiger partial charge in [0, 0.05) is 18.8 Å². The number of hydrogen-bond acceptors (Lipinski definition) is 4. The Morgan fingerprint density at radius 1 is 1.19 bits per heavy atom. The van der Waals surface area contributed by atoms with Gasteiger partial charge >= 0.3 is 0 Å². The summed E-state index contributed by atoms with van der Waals surface area (Å²) >= 11 is 0. The number of benzene rings is 1. The minimum absolute atomic E-state index is 0.0457. The molecule has 3 heterocycles. The van der Waals surface area contributed by atoms with Crippen molar-refractivity contribution in [1.82, 2.24) is 14.3 Å². The molecule has 6 heteroatoms. The van der Waals surface area contributed by atoms with Crippen LogP contribution in [0.3, 0.4) is 0 Å². The Balaban J connectivity index is 1.68. The number of amides is 1. The standard InChI is InChI=1S/C20H17N3O3/c1-2-22(13-14-12-21-19-9-5-6-10-23(14)19)20(25)18-11-16(24)15-7-3-4-8-17(15)26-18/h3-12H,2,13H2,1H3. The van der Waals surface area contributed by atoms with Gasteiger partial charge in [0.2, 0.25) is 0 Å². The molecule has 0 aliphatic carbocycles. The predicted molar refractivity (Wildman–Crippen MR) is 98.1 cm³/mol. The Kier molecular flexibility index (Phi) is 4.01. The average molecular weight is 347 g/mol. The molecule has 0 radical (unpaired) electrons. The number of carbonyl (C=O) groups is 1. The largest absolute Gasteiger partial charge is 0.451 e. The van der Waals surface area contributed by atoms with Crippen molar-refractivity contribution in [2.45, 2.75) is 13.5 Å². The normalized spacial score (nSPS) is 11.1. The van der Waals surface area contributed by atoms with E-state index >= 15 is 0 Å². The molecule has 0 bridgehead atoms. The number of aromatic nitrogens is 2. The Morgan fingerprint density at radius 3 is 2.85 bits per heavy atom. The van der Waals surface area contributed by atoms with Crippen LogP contribution in [0.4, 0.5) is 0 Å². The van der Waals surface area contributed by atoms with Crippen molar-refractivity contribution < 1.29 is 9.21 Å². The van der Waals surface area contributed by atoms with E-state index in [0.29, 0.717) is 24.1 Å². The Morgan fingerprint density at radius 2 is 2.00 bits per heavy atom. The van der Waals surface area contributed by atoms with E-state index in [1.54, 1.807) is 35.4 Å². The van der Waals surface area contributed by atoms with Crippen molar-refractivity contribution in [3.05, 3.63) is 82.6 Å². The lowest BCUT2D eigenvalue weighted by Crippen LogP contribution is -2.31. The highest BCUT2D eigenvalue weighted by Crippen LogP contribution is 2.15. The summed E-state index contributed by atoms with van der Waals surface area (Å²) in [6, 6.07) is 13.9. The van der Waals surface area contributed by atoms with Crippen LogP contribution in [0.1, 0.15) is 23.2 Å². The monoisotopic (exact) mass is 347 g/mol. The molecule has 6 nitrogen and oxygen atoms in total. The highest BCUT2D eigenvalue weighted by atomic mass is 16.3. The molecule has 1 aromatic carbocycles. The molecule has 26 heavy (non-hydrogen) atoms. The molecule has 3 aromatic heterocycles. The summed E-state index contributed by atoms with van der Waals surface area (Å²) in [5, 5.41) is 0.467. The van der Waals surface area contributed by atoms with Crippen molar-refractivity contribution in [2.24, 2.45) is 0 Å². The first-order valence-electron chi connectivity index (χ1n) is 8.40. The lowest BCUT2D eigenvalue weighted by molar-refractivity contribution is 0.0718. The summed E-state index contributed by atoms with van der Waals surface area (Å²) in [5.74, 6) is -0.273. The SMILES string of the molecule is CCN(Cc1cnc2ccccn12)C(=O)c1cc(=O)c2ccccc2o1. The minimum Gasteiger partial charge on any atom is -0.451 e. The minimum atomic E-state index is -0.318. The second kappa shape index (κ2) is 6.48. The number of para-hydroxylation sites is 1. The number of nitrogens with zero attached hydrogens (tertiary/aromatic N) is 3.